The molecule has 3 aromatic rings. The molecule has 2 heterocycles. The number of benzene rings is 2. The summed E-state index contributed by atoms with van der Waals surface area (Å²) in [5.74, 6) is -1.11. The van der Waals surface area contributed by atoms with Gasteiger partial charge in [-0.2, -0.15) is 13.2 Å². The summed E-state index contributed by atoms with van der Waals surface area (Å²) in [5, 5.41) is 10.2. The molecule has 1 aromatic heterocycles. The van der Waals surface area contributed by atoms with Gasteiger partial charge in [0.1, 0.15) is 5.82 Å². The van der Waals surface area contributed by atoms with Crippen molar-refractivity contribution in [2.45, 2.75) is 6.18 Å². The lowest BCUT2D eigenvalue weighted by Gasteiger charge is -2.35. The average Bonchev–Trinajstić information content (AvgIpc) is 2.86. The molecule has 36 heavy (non-hydrogen) atoms. The van der Waals surface area contributed by atoms with E-state index in [-0.39, 0.29) is 29.7 Å². The van der Waals surface area contributed by atoms with Crippen LogP contribution >= 0.6 is 11.6 Å². The van der Waals surface area contributed by atoms with Gasteiger partial charge >= 0.3 is 12.3 Å². The van der Waals surface area contributed by atoms with Gasteiger partial charge in [0.15, 0.2) is 5.82 Å². The third-order valence-electron chi connectivity index (χ3n) is 5.34. The first-order valence-corrected chi connectivity index (χ1v) is 11.0. The van der Waals surface area contributed by atoms with Gasteiger partial charge in [-0.05, 0) is 36.4 Å². The molecule has 0 radical (unpaired) electrons. The van der Waals surface area contributed by atoms with E-state index in [0.29, 0.717) is 18.9 Å². The van der Waals surface area contributed by atoms with E-state index >= 15 is 0 Å². The summed E-state index contributed by atoms with van der Waals surface area (Å²) in [6.07, 6.45) is -5.63. The van der Waals surface area contributed by atoms with E-state index in [9.17, 15) is 27.2 Å². The zero-order valence-corrected chi connectivity index (χ0v) is 19.2. The Balaban J connectivity index is 1.34. The average molecular weight is 524 g/mol. The maximum atomic E-state index is 13.7. The van der Waals surface area contributed by atoms with Gasteiger partial charge < -0.3 is 14.5 Å². The van der Waals surface area contributed by atoms with Gasteiger partial charge in [-0.25, -0.2) is 9.18 Å². The fourth-order valence-corrected chi connectivity index (χ4v) is 3.76. The SMILES string of the molecule is O=C(Nc1cc(Cl)ccc1F)Oc1ccc(N2CCN(C(=O)c3ccccc3C(F)(F)F)CC2)nn1. The quantitative estimate of drug-likeness (QED) is 0.491. The molecule has 2 aromatic carbocycles. The fraction of sp³-hybridized carbons (Fsp3) is 0.217. The van der Waals surface area contributed by atoms with Gasteiger partial charge in [-0.3, -0.25) is 10.1 Å². The second kappa shape index (κ2) is 10.4. The van der Waals surface area contributed by atoms with Crippen LogP contribution in [0.2, 0.25) is 5.02 Å². The number of carbonyl (C=O) groups is 2. The van der Waals surface area contributed by atoms with E-state index in [2.05, 4.69) is 15.5 Å². The van der Waals surface area contributed by atoms with E-state index in [4.69, 9.17) is 16.3 Å². The topological polar surface area (TPSA) is 87.7 Å². The predicted molar refractivity (Wildman–Crippen MR) is 123 cm³/mol. The summed E-state index contributed by atoms with van der Waals surface area (Å²) in [6.45, 7) is 0.976. The van der Waals surface area contributed by atoms with Crippen LogP contribution in [0.25, 0.3) is 0 Å². The predicted octanol–water partition coefficient (Wildman–Crippen LogP) is 4.86. The molecule has 1 saturated heterocycles. The standard InChI is InChI=1S/C23H18ClF4N5O3/c24-14-5-6-17(25)18(13-14)29-22(35)36-20-8-7-19(30-31-20)32-9-11-33(12-10-32)21(34)15-3-1-2-4-16(15)23(26,27)28/h1-8,13H,9-12H2,(H,29,35). The number of nitrogens with one attached hydrogen (secondary N) is 1. The highest BCUT2D eigenvalue weighted by Crippen LogP contribution is 2.32. The Kier molecular flexibility index (Phi) is 7.25. The number of carbonyl (C=O) groups excluding carboxylic acids is 2. The Hall–Kier alpha value is -3.93. The lowest BCUT2D eigenvalue weighted by Crippen LogP contribution is -2.49. The summed E-state index contributed by atoms with van der Waals surface area (Å²) in [7, 11) is 0. The molecule has 0 spiro atoms. The number of alkyl halides is 3. The highest BCUT2D eigenvalue weighted by molar-refractivity contribution is 6.30. The number of hydrogen-bond donors (Lipinski definition) is 1. The zero-order chi connectivity index (χ0) is 25.9. The fourth-order valence-electron chi connectivity index (χ4n) is 3.59. The van der Waals surface area contributed by atoms with Gasteiger partial charge in [-0.1, -0.05) is 23.7 Å². The highest BCUT2D eigenvalue weighted by Gasteiger charge is 2.36. The maximum absolute atomic E-state index is 13.7. The first kappa shape index (κ1) is 25.2. The molecule has 1 aliphatic heterocycles. The number of halogens is 5. The van der Waals surface area contributed by atoms with Crippen LogP contribution in [0.1, 0.15) is 15.9 Å². The third-order valence-corrected chi connectivity index (χ3v) is 5.58. The maximum Gasteiger partial charge on any atom is 0.418 e. The molecule has 8 nitrogen and oxygen atoms in total. The van der Waals surface area contributed by atoms with Crippen LogP contribution in [-0.2, 0) is 6.18 Å². The minimum atomic E-state index is -4.63. The summed E-state index contributed by atoms with van der Waals surface area (Å²) in [4.78, 5) is 27.9. The third kappa shape index (κ3) is 5.82. The normalized spacial score (nSPS) is 13.9. The second-order valence-electron chi connectivity index (χ2n) is 7.69. The summed E-state index contributed by atoms with van der Waals surface area (Å²) in [6, 6.07) is 11.2. The minimum Gasteiger partial charge on any atom is -0.389 e. The molecule has 188 valence electrons. The van der Waals surface area contributed by atoms with Crippen molar-refractivity contribution in [2.24, 2.45) is 0 Å². The van der Waals surface area contributed by atoms with Crippen molar-refractivity contribution >= 4 is 35.1 Å². The molecule has 1 N–H and O–H groups in total. The highest BCUT2D eigenvalue weighted by atomic mass is 35.5. The van der Waals surface area contributed by atoms with Crippen LogP contribution in [0.15, 0.2) is 54.6 Å². The van der Waals surface area contributed by atoms with Gasteiger partial charge in [-0.15, -0.1) is 10.2 Å². The van der Waals surface area contributed by atoms with Crippen LogP contribution < -0.4 is 15.0 Å². The first-order valence-electron chi connectivity index (χ1n) is 10.6. The monoisotopic (exact) mass is 523 g/mol. The van der Waals surface area contributed by atoms with Gasteiger partial charge in [0.2, 0.25) is 5.88 Å². The Morgan fingerprint density at radius 1 is 0.972 bits per heavy atom. The van der Waals surface area contributed by atoms with Crippen LogP contribution in [0.3, 0.4) is 0 Å². The largest absolute Gasteiger partial charge is 0.418 e. The zero-order valence-electron chi connectivity index (χ0n) is 18.4. The van der Waals surface area contributed by atoms with Gasteiger partial charge in [0.25, 0.3) is 5.91 Å². The Bertz CT molecular complexity index is 1270. The van der Waals surface area contributed by atoms with Crippen molar-refractivity contribution in [1.29, 1.82) is 0 Å². The van der Waals surface area contributed by atoms with Gasteiger partial charge in [0, 0.05) is 37.3 Å². The van der Waals surface area contributed by atoms with Crippen LogP contribution in [0, 0.1) is 5.82 Å². The van der Waals surface area contributed by atoms with Crippen LogP contribution in [0.5, 0.6) is 5.88 Å². The lowest BCUT2D eigenvalue weighted by atomic mass is 10.1. The molecular formula is C23H18ClF4N5O3. The first-order chi connectivity index (χ1) is 17.1. The second-order valence-corrected chi connectivity index (χ2v) is 8.13. The molecule has 0 saturated carbocycles. The molecular weight excluding hydrogens is 506 g/mol. The number of ether oxygens (including phenoxy) is 1. The summed E-state index contributed by atoms with van der Waals surface area (Å²) < 4.78 is 58.5. The number of anilines is 2. The molecule has 1 aliphatic rings. The molecule has 1 fully saturated rings. The number of rotatable bonds is 4. The number of nitrogens with zero attached hydrogens (tertiary/aromatic N) is 4. The molecule has 0 aliphatic carbocycles. The van der Waals surface area contributed by atoms with Crippen molar-refractivity contribution in [3.63, 3.8) is 0 Å². The van der Waals surface area contributed by atoms with Crippen molar-refractivity contribution in [3.05, 3.63) is 76.6 Å². The Labute approximate surface area is 207 Å². The van der Waals surface area contributed by atoms with E-state index in [0.717, 1.165) is 12.1 Å². The van der Waals surface area contributed by atoms with E-state index in [1.807, 2.05) is 0 Å². The van der Waals surface area contributed by atoms with Crippen molar-refractivity contribution in [1.82, 2.24) is 15.1 Å². The van der Waals surface area contributed by atoms with Crippen molar-refractivity contribution in [2.75, 3.05) is 36.4 Å². The Morgan fingerprint density at radius 2 is 1.69 bits per heavy atom. The summed E-state index contributed by atoms with van der Waals surface area (Å²) >= 11 is 5.78. The van der Waals surface area contributed by atoms with Crippen molar-refractivity contribution in [3.8, 4) is 5.88 Å². The molecule has 4 rings (SSSR count). The number of aromatic nitrogens is 2. The lowest BCUT2D eigenvalue weighted by molar-refractivity contribution is -0.138. The summed E-state index contributed by atoms with van der Waals surface area (Å²) in [5.41, 5.74) is -1.53. The Morgan fingerprint density at radius 3 is 2.36 bits per heavy atom. The van der Waals surface area contributed by atoms with Gasteiger partial charge in [0.05, 0.1) is 16.8 Å². The van der Waals surface area contributed by atoms with Crippen molar-refractivity contribution < 1.29 is 31.9 Å². The molecule has 2 amide bonds. The van der Waals surface area contributed by atoms with E-state index in [1.165, 1.54) is 47.4 Å². The molecule has 0 bridgehead atoms. The minimum absolute atomic E-state index is 0.142. The van der Waals surface area contributed by atoms with E-state index in [1.54, 1.807) is 4.90 Å². The number of hydrogen-bond acceptors (Lipinski definition) is 6. The molecule has 13 heteroatoms. The van der Waals surface area contributed by atoms with E-state index < -0.39 is 35.1 Å². The number of piperazine rings is 1. The number of amides is 2. The smallest absolute Gasteiger partial charge is 0.389 e. The molecule has 0 atom stereocenters. The van der Waals surface area contributed by atoms with Crippen LogP contribution in [-0.4, -0.2) is 53.3 Å². The molecule has 0 unspecified atom stereocenters. The van der Waals surface area contributed by atoms with Crippen LogP contribution in [0.4, 0.5) is 33.9 Å².